The van der Waals surface area contributed by atoms with Crippen LogP contribution in [0.25, 0.3) is 20.8 Å². The maximum Gasteiger partial charge on any atom is 0.227 e. The summed E-state index contributed by atoms with van der Waals surface area (Å²) in [5.41, 5.74) is 3.97. The van der Waals surface area contributed by atoms with Gasteiger partial charge < -0.3 is 15.0 Å². The van der Waals surface area contributed by atoms with Gasteiger partial charge in [-0.2, -0.15) is 10.1 Å². The SMILES string of the molecule is Cc1cc(Nc2cc3nc(-c4cnn5c4COCC5)sc3cn2)nc(N2C[C@@H]3C[C@H]2CN3C)n1. The molecule has 2 bridgehead atoms. The molecule has 10 nitrogen and oxygen atoms in total. The van der Waals surface area contributed by atoms with Gasteiger partial charge in [0.2, 0.25) is 5.95 Å². The molecule has 0 saturated carbocycles. The molecule has 2 saturated heterocycles. The highest BCUT2D eigenvalue weighted by Gasteiger charge is 2.42. The minimum Gasteiger partial charge on any atom is -0.373 e. The summed E-state index contributed by atoms with van der Waals surface area (Å²) >= 11 is 1.62. The average Bonchev–Trinajstić information content (AvgIpc) is 3.60. The van der Waals surface area contributed by atoms with Crippen molar-refractivity contribution in [3.05, 3.63) is 35.9 Å². The number of pyridine rings is 1. The van der Waals surface area contributed by atoms with Crippen molar-refractivity contribution < 1.29 is 4.74 Å². The second-order valence-electron chi connectivity index (χ2n) is 9.29. The molecule has 174 valence electrons. The predicted molar refractivity (Wildman–Crippen MR) is 131 cm³/mol. The second kappa shape index (κ2) is 7.69. The number of fused-ring (bicyclic) bond motifs is 4. The summed E-state index contributed by atoms with van der Waals surface area (Å²) in [6.07, 6.45) is 4.95. The van der Waals surface area contributed by atoms with Crippen LogP contribution < -0.4 is 10.2 Å². The summed E-state index contributed by atoms with van der Waals surface area (Å²) in [4.78, 5) is 23.8. The van der Waals surface area contributed by atoms with Gasteiger partial charge in [0.1, 0.15) is 16.6 Å². The lowest BCUT2D eigenvalue weighted by molar-refractivity contribution is 0.0804. The number of rotatable bonds is 4. The predicted octanol–water partition coefficient (Wildman–Crippen LogP) is 2.82. The monoisotopic (exact) mass is 475 g/mol. The molecule has 0 spiro atoms. The van der Waals surface area contributed by atoms with Crippen molar-refractivity contribution in [2.75, 3.05) is 37.0 Å². The zero-order chi connectivity index (χ0) is 22.8. The Balaban J connectivity index is 1.16. The van der Waals surface area contributed by atoms with E-state index in [1.165, 1.54) is 6.42 Å². The number of likely N-dealkylation sites (N-methyl/N-ethyl adjacent to an activating group) is 1. The molecule has 3 aliphatic rings. The highest BCUT2D eigenvalue weighted by Crippen LogP contribution is 2.35. The van der Waals surface area contributed by atoms with Crippen LogP contribution in [0.5, 0.6) is 0 Å². The third-order valence-corrected chi connectivity index (χ3v) is 8.05. The first-order chi connectivity index (χ1) is 16.6. The minimum absolute atomic E-state index is 0.493. The molecule has 2 atom stereocenters. The van der Waals surface area contributed by atoms with E-state index in [0.717, 1.165) is 69.4 Å². The molecular weight excluding hydrogens is 450 g/mol. The summed E-state index contributed by atoms with van der Waals surface area (Å²) in [5, 5.41) is 8.81. The van der Waals surface area contributed by atoms with Gasteiger partial charge in [0.15, 0.2) is 0 Å². The first-order valence-corrected chi connectivity index (χ1v) is 12.4. The van der Waals surface area contributed by atoms with Gasteiger partial charge in [-0.05, 0) is 20.4 Å². The number of ether oxygens (including phenoxy) is 1. The number of nitrogens with one attached hydrogen (secondary N) is 1. The zero-order valence-electron chi connectivity index (χ0n) is 19.1. The van der Waals surface area contributed by atoms with Crippen LogP contribution in [0.2, 0.25) is 0 Å². The van der Waals surface area contributed by atoms with Crippen LogP contribution in [-0.2, 0) is 17.9 Å². The molecule has 7 rings (SSSR count). The Hall–Kier alpha value is -3.15. The van der Waals surface area contributed by atoms with Crippen LogP contribution in [0.3, 0.4) is 0 Å². The largest absolute Gasteiger partial charge is 0.373 e. The summed E-state index contributed by atoms with van der Waals surface area (Å²) in [5.74, 6) is 2.27. The number of anilines is 3. The molecule has 0 amide bonds. The normalized spacial score (nSPS) is 22.0. The van der Waals surface area contributed by atoms with Crippen molar-refractivity contribution in [2.24, 2.45) is 0 Å². The lowest BCUT2D eigenvalue weighted by Crippen LogP contribution is -2.45. The van der Waals surface area contributed by atoms with Crippen LogP contribution in [0, 0.1) is 6.92 Å². The van der Waals surface area contributed by atoms with E-state index in [2.05, 4.69) is 32.2 Å². The number of nitrogens with zero attached hydrogens (tertiary/aromatic N) is 8. The number of hydrogen-bond donors (Lipinski definition) is 1. The van der Waals surface area contributed by atoms with Crippen molar-refractivity contribution >= 4 is 39.1 Å². The molecule has 1 N–H and O–H groups in total. The summed E-state index contributed by atoms with van der Waals surface area (Å²) in [6.45, 7) is 6.12. The molecule has 11 heteroatoms. The third-order valence-electron chi connectivity index (χ3n) is 7.01. The molecule has 4 aromatic rings. The molecular formula is C23H25N9OS. The van der Waals surface area contributed by atoms with Gasteiger partial charge in [0.25, 0.3) is 0 Å². The molecule has 4 aromatic heterocycles. The van der Waals surface area contributed by atoms with E-state index in [4.69, 9.17) is 19.7 Å². The fourth-order valence-corrected chi connectivity index (χ4v) is 6.21. The number of piperazine rings is 1. The molecule has 2 fully saturated rings. The van der Waals surface area contributed by atoms with Crippen LogP contribution in [-0.4, -0.2) is 73.4 Å². The van der Waals surface area contributed by atoms with E-state index < -0.39 is 0 Å². The number of aromatic nitrogens is 6. The molecule has 7 heterocycles. The number of likely N-dealkylation sites (tertiary alicyclic amines) is 1. The summed E-state index contributed by atoms with van der Waals surface area (Å²) in [6, 6.07) is 5.03. The Labute approximate surface area is 200 Å². The van der Waals surface area contributed by atoms with Crippen molar-refractivity contribution in [1.29, 1.82) is 0 Å². The highest BCUT2D eigenvalue weighted by molar-refractivity contribution is 7.21. The Morgan fingerprint density at radius 2 is 2.03 bits per heavy atom. The van der Waals surface area contributed by atoms with Crippen molar-refractivity contribution in [3.8, 4) is 10.6 Å². The van der Waals surface area contributed by atoms with Gasteiger partial charge in [-0.3, -0.25) is 9.58 Å². The van der Waals surface area contributed by atoms with Crippen molar-refractivity contribution in [2.45, 2.75) is 38.6 Å². The van der Waals surface area contributed by atoms with E-state index in [1.807, 2.05) is 36.1 Å². The minimum atomic E-state index is 0.493. The molecule has 0 radical (unpaired) electrons. The van der Waals surface area contributed by atoms with E-state index in [9.17, 15) is 0 Å². The maximum absolute atomic E-state index is 5.63. The molecule has 34 heavy (non-hydrogen) atoms. The van der Waals surface area contributed by atoms with Crippen LogP contribution in [0.1, 0.15) is 17.8 Å². The van der Waals surface area contributed by atoms with Crippen molar-refractivity contribution in [1.82, 2.24) is 34.6 Å². The molecule has 0 unspecified atom stereocenters. The Bertz CT molecular complexity index is 1400. The van der Waals surface area contributed by atoms with Crippen LogP contribution in [0.4, 0.5) is 17.6 Å². The van der Waals surface area contributed by atoms with Gasteiger partial charge in [0.05, 0.1) is 47.4 Å². The van der Waals surface area contributed by atoms with Crippen LogP contribution >= 0.6 is 11.3 Å². The van der Waals surface area contributed by atoms with Crippen molar-refractivity contribution in [3.63, 3.8) is 0 Å². The number of aryl methyl sites for hydroxylation is 1. The first kappa shape index (κ1) is 20.2. The quantitative estimate of drug-likeness (QED) is 0.478. The number of hydrogen-bond acceptors (Lipinski definition) is 10. The Kier molecular flexibility index (Phi) is 4.58. The van der Waals surface area contributed by atoms with Gasteiger partial charge in [0, 0.05) is 49.2 Å². The standard InChI is InChI=1S/C23H25N9OS/c1-13-5-21(29-23(26-13)31-11-14-6-15(31)10-30(14)2)28-20-7-17-19(9-24-20)34-22(27-17)16-8-25-32-3-4-33-12-18(16)32/h5,7-9,14-15H,3-4,6,10-12H2,1-2H3,(H,24,26,28,29)/t14-,15-/m0/s1. The number of thiazole rings is 1. The van der Waals surface area contributed by atoms with E-state index >= 15 is 0 Å². The van der Waals surface area contributed by atoms with E-state index in [0.29, 0.717) is 25.3 Å². The average molecular weight is 476 g/mol. The summed E-state index contributed by atoms with van der Waals surface area (Å²) in [7, 11) is 2.20. The fraction of sp³-hybridized carbons (Fsp3) is 0.435. The zero-order valence-corrected chi connectivity index (χ0v) is 19.9. The first-order valence-electron chi connectivity index (χ1n) is 11.6. The fourth-order valence-electron chi connectivity index (χ4n) is 5.26. The topological polar surface area (TPSA) is 97.1 Å². The maximum atomic E-state index is 5.63. The Morgan fingerprint density at radius 3 is 2.88 bits per heavy atom. The molecule has 3 aliphatic heterocycles. The molecule has 0 aromatic carbocycles. The lowest BCUT2D eigenvalue weighted by Gasteiger charge is -2.32. The van der Waals surface area contributed by atoms with Gasteiger partial charge in [-0.25, -0.2) is 15.0 Å². The molecule has 0 aliphatic carbocycles. The lowest BCUT2D eigenvalue weighted by atomic mass is 10.2. The third kappa shape index (κ3) is 3.34. The summed E-state index contributed by atoms with van der Waals surface area (Å²) < 4.78 is 8.67. The van der Waals surface area contributed by atoms with Gasteiger partial charge in [-0.15, -0.1) is 11.3 Å². The second-order valence-corrected chi connectivity index (χ2v) is 10.3. The van der Waals surface area contributed by atoms with E-state index in [1.54, 1.807) is 11.3 Å². The van der Waals surface area contributed by atoms with E-state index in [-0.39, 0.29) is 0 Å². The Morgan fingerprint density at radius 1 is 1.09 bits per heavy atom. The van der Waals surface area contributed by atoms with Crippen LogP contribution in [0.15, 0.2) is 24.5 Å². The smallest absolute Gasteiger partial charge is 0.227 e. The van der Waals surface area contributed by atoms with Gasteiger partial charge in [-0.1, -0.05) is 0 Å². The highest BCUT2D eigenvalue weighted by atomic mass is 32.1. The van der Waals surface area contributed by atoms with Gasteiger partial charge >= 0.3 is 0 Å².